The van der Waals surface area contributed by atoms with Crippen molar-refractivity contribution < 1.29 is 4.79 Å². The highest BCUT2D eigenvalue weighted by molar-refractivity contribution is 6.04. The topological polar surface area (TPSA) is 42.0 Å². The number of carbonyl (C=O) groups is 1. The number of fused-ring (bicyclic) bond motifs is 1. The van der Waals surface area contributed by atoms with E-state index in [1.54, 1.807) is 6.20 Å². The fourth-order valence-corrected chi connectivity index (χ4v) is 2.62. The van der Waals surface area contributed by atoms with E-state index in [-0.39, 0.29) is 11.3 Å². The lowest BCUT2D eigenvalue weighted by molar-refractivity contribution is 0.102. The highest BCUT2D eigenvalue weighted by Crippen LogP contribution is 2.26. The molecule has 0 atom stereocenters. The maximum Gasteiger partial charge on any atom is 0.255 e. The van der Waals surface area contributed by atoms with Gasteiger partial charge < -0.3 is 5.32 Å². The molecule has 1 aromatic heterocycles. The van der Waals surface area contributed by atoms with E-state index in [1.807, 2.05) is 54.6 Å². The highest BCUT2D eigenvalue weighted by atomic mass is 16.1. The van der Waals surface area contributed by atoms with E-state index in [9.17, 15) is 4.79 Å². The maximum atomic E-state index is 12.4. The van der Waals surface area contributed by atoms with E-state index < -0.39 is 0 Å². The number of nitrogens with zero attached hydrogens (tertiary/aromatic N) is 1. The molecule has 0 aliphatic heterocycles. The summed E-state index contributed by atoms with van der Waals surface area (Å²) in [4.78, 5) is 16.8. The first-order chi connectivity index (χ1) is 11.5. The largest absolute Gasteiger partial charge is 0.321 e. The molecular formula is C21H22N2O. The number of hydrogen-bond acceptors (Lipinski definition) is 2. The Kier molecular flexibility index (Phi) is 4.34. The van der Waals surface area contributed by atoms with E-state index in [2.05, 4.69) is 31.1 Å². The summed E-state index contributed by atoms with van der Waals surface area (Å²) in [5.41, 5.74) is 3.64. The Balaban J connectivity index is 1.78. The maximum absolute atomic E-state index is 12.4. The number of nitrogens with one attached hydrogen (secondary N) is 1. The van der Waals surface area contributed by atoms with Crippen molar-refractivity contribution in [2.75, 3.05) is 5.32 Å². The van der Waals surface area contributed by atoms with Crippen molar-refractivity contribution in [3.8, 4) is 0 Å². The van der Waals surface area contributed by atoms with Crippen LogP contribution in [0.4, 0.5) is 5.69 Å². The van der Waals surface area contributed by atoms with Crippen LogP contribution in [0.1, 0.15) is 43.1 Å². The second kappa shape index (κ2) is 6.44. The van der Waals surface area contributed by atoms with Gasteiger partial charge in [-0.15, -0.1) is 0 Å². The van der Waals surface area contributed by atoms with E-state index in [1.165, 1.54) is 5.56 Å². The van der Waals surface area contributed by atoms with Crippen molar-refractivity contribution in [1.82, 2.24) is 4.98 Å². The van der Waals surface area contributed by atoms with Crippen molar-refractivity contribution in [1.29, 1.82) is 0 Å². The van der Waals surface area contributed by atoms with Crippen LogP contribution in [0.5, 0.6) is 0 Å². The molecule has 1 amide bonds. The van der Waals surface area contributed by atoms with Gasteiger partial charge in [0.15, 0.2) is 0 Å². The molecule has 0 spiro atoms. The Hall–Kier alpha value is -2.68. The van der Waals surface area contributed by atoms with Gasteiger partial charge in [-0.1, -0.05) is 51.1 Å². The second-order valence-electron chi connectivity index (χ2n) is 6.69. The Labute approximate surface area is 142 Å². The molecule has 0 unspecified atom stereocenters. The van der Waals surface area contributed by atoms with E-state index in [0.717, 1.165) is 17.3 Å². The Morgan fingerprint density at radius 1 is 1.08 bits per heavy atom. The van der Waals surface area contributed by atoms with Crippen LogP contribution < -0.4 is 5.32 Å². The van der Waals surface area contributed by atoms with Gasteiger partial charge in [0.05, 0.1) is 17.4 Å². The van der Waals surface area contributed by atoms with Crippen molar-refractivity contribution in [3.63, 3.8) is 0 Å². The highest BCUT2D eigenvalue weighted by Gasteiger charge is 2.18. The summed E-state index contributed by atoms with van der Waals surface area (Å²) in [5, 5.41) is 3.93. The molecule has 0 bridgehead atoms. The Morgan fingerprint density at radius 3 is 2.50 bits per heavy atom. The van der Waals surface area contributed by atoms with Gasteiger partial charge in [-0.2, -0.15) is 0 Å². The third-order valence-electron chi connectivity index (χ3n) is 4.66. The molecule has 0 saturated carbocycles. The fraction of sp³-hybridized carbons (Fsp3) is 0.238. The van der Waals surface area contributed by atoms with Gasteiger partial charge in [-0.3, -0.25) is 9.78 Å². The fourth-order valence-electron chi connectivity index (χ4n) is 2.62. The third-order valence-corrected chi connectivity index (χ3v) is 4.66. The Morgan fingerprint density at radius 2 is 1.79 bits per heavy atom. The van der Waals surface area contributed by atoms with Crippen molar-refractivity contribution in [2.24, 2.45) is 0 Å². The number of rotatable bonds is 4. The summed E-state index contributed by atoms with van der Waals surface area (Å²) < 4.78 is 0. The monoisotopic (exact) mass is 318 g/mol. The number of amides is 1. The lowest BCUT2D eigenvalue weighted by Crippen LogP contribution is -2.16. The average molecular weight is 318 g/mol. The van der Waals surface area contributed by atoms with Crippen molar-refractivity contribution in [2.45, 2.75) is 32.6 Å². The normalized spacial score (nSPS) is 11.5. The minimum atomic E-state index is -0.118. The molecule has 1 N–H and O–H groups in total. The number of anilines is 1. The van der Waals surface area contributed by atoms with Crippen LogP contribution in [0.2, 0.25) is 0 Å². The molecule has 3 aromatic rings. The zero-order valence-electron chi connectivity index (χ0n) is 14.3. The van der Waals surface area contributed by atoms with Gasteiger partial charge in [0.1, 0.15) is 0 Å². The molecular weight excluding hydrogens is 296 g/mol. The summed E-state index contributed by atoms with van der Waals surface area (Å²) in [6.07, 6.45) is 2.75. The molecule has 2 aromatic carbocycles. The molecule has 0 fully saturated rings. The molecule has 3 nitrogen and oxygen atoms in total. The molecule has 24 heavy (non-hydrogen) atoms. The molecule has 0 aliphatic rings. The Bertz CT molecular complexity index is 866. The number of aromatic nitrogens is 1. The van der Waals surface area contributed by atoms with Crippen LogP contribution in [-0.2, 0) is 5.41 Å². The smallest absolute Gasteiger partial charge is 0.255 e. The predicted molar refractivity (Wildman–Crippen MR) is 99.5 cm³/mol. The number of carbonyl (C=O) groups excluding carboxylic acids is 1. The molecule has 122 valence electrons. The van der Waals surface area contributed by atoms with Crippen LogP contribution >= 0.6 is 0 Å². The lowest BCUT2D eigenvalue weighted by Gasteiger charge is -2.23. The summed E-state index contributed by atoms with van der Waals surface area (Å²) in [5.74, 6) is -0.118. The summed E-state index contributed by atoms with van der Waals surface area (Å²) in [6, 6.07) is 17.6. The van der Waals surface area contributed by atoms with Crippen LogP contribution in [-0.4, -0.2) is 10.9 Å². The number of hydrogen-bond donors (Lipinski definition) is 1. The van der Waals surface area contributed by atoms with Gasteiger partial charge >= 0.3 is 0 Å². The molecule has 0 radical (unpaired) electrons. The van der Waals surface area contributed by atoms with Gasteiger partial charge in [-0.25, -0.2) is 0 Å². The first-order valence-electron chi connectivity index (χ1n) is 8.26. The quantitative estimate of drug-likeness (QED) is 0.720. The van der Waals surface area contributed by atoms with Gasteiger partial charge in [-0.05, 0) is 41.7 Å². The minimum Gasteiger partial charge on any atom is -0.321 e. The zero-order valence-corrected chi connectivity index (χ0v) is 14.3. The van der Waals surface area contributed by atoms with Crippen molar-refractivity contribution >= 4 is 22.5 Å². The lowest BCUT2D eigenvalue weighted by atomic mass is 9.82. The molecule has 3 heteroatoms. The third kappa shape index (κ3) is 3.30. The van der Waals surface area contributed by atoms with Gasteiger partial charge in [0.25, 0.3) is 5.91 Å². The molecule has 0 saturated heterocycles. The summed E-state index contributed by atoms with van der Waals surface area (Å²) in [7, 11) is 0. The van der Waals surface area contributed by atoms with E-state index >= 15 is 0 Å². The zero-order chi connectivity index (χ0) is 17.2. The minimum absolute atomic E-state index is 0.118. The van der Waals surface area contributed by atoms with Crippen LogP contribution in [0.3, 0.4) is 0 Å². The first-order valence-corrected chi connectivity index (χ1v) is 8.26. The number of benzene rings is 2. The van der Waals surface area contributed by atoms with Crippen LogP contribution in [0, 0.1) is 0 Å². The number of pyridine rings is 1. The van der Waals surface area contributed by atoms with Gasteiger partial charge in [0.2, 0.25) is 0 Å². The first kappa shape index (κ1) is 16.2. The predicted octanol–water partition coefficient (Wildman–Crippen LogP) is 5.17. The van der Waals surface area contributed by atoms with Crippen LogP contribution in [0.25, 0.3) is 10.9 Å². The molecule has 1 heterocycles. The summed E-state index contributed by atoms with van der Waals surface area (Å²) >= 11 is 0. The molecule has 0 aliphatic carbocycles. The standard InChI is InChI=1S/C21H22N2O/c1-4-21(2,3)17-11-9-15(10-12-17)20(24)23-18-13-16-7-5-6-8-19(16)22-14-18/h5-14H,4H2,1-3H3,(H,23,24). The van der Waals surface area contributed by atoms with Gasteiger partial charge in [0, 0.05) is 10.9 Å². The number of para-hydroxylation sites is 1. The van der Waals surface area contributed by atoms with E-state index in [4.69, 9.17) is 0 Å². The second-order valence-corrected chi connectivity index (χ2v) is 6.69. The average Bonchev–Trinajstić information content (AvgIpc) is 2.61. The van der Waals surface area contributed by atoms with Crippen molar-refractivity contribution in [3.05, 3.63) is 71.9 Å². The van der Waals surface area contributed by atoms with Crippen LogP contribution in [0.15, 0.2) is 60.8 Å². The van der Waals surface area contributed by atoms with E-state index in [0.29, 0.717) is 11.3 Å². The summed E-state index contributed by atoms with van der Waals surface area (Å²) in [6.45, 7) is 6.60. The SMILES string of the molecule is CCC(C)(C)c1ccc(C(=O)Nc2cnc3ccccc3c2)cc1. The molecule has 3 rings (SSSR count).